The maximum Gasteiger partial charge on any atom is 0.407 e. The number of nitrogens with one attached hydrogen (secondary N) is 2. The van der Waals surface area contributed by atoms with Crippen LogP contribution in [0.15, 0.2) is 10.9 Å². The molecule has 1 amide bonds. The van der Waals surface area contributed by atoms with Crippen LogP contribution in [-0.4, -0.2) is 41.3 Å². The van der Waals surface area contributed by atoms with Gasteiger partial charge in [-0.3, -0.25) is 9.78 Å². The Morgan fingerprint density at radius 3 is 2.91 bits per heavy atom. The molecule has 128 valence electrons. The van der Waals surface area contributed by atoms with Crippen LogP contribution in [0.3, 0.4) is 0 Å². The molecule has 1 fully saturated rings. The van der Waals surface area contributed by atoms with Gasteiger partial charge in [0.1, 0.15) is 6.10 Å². The number of anilines is 1. The SMILES string of the molecule is Cc1cc(=O)[nH]c(N2CCC(NC(=O)OC(C)CC(C)C)C2)n1. The van der Waals surface area contributed by atoms with Crippen LogP contribution < -0.4 is 15.8 Å². The van der Waals surface area contributed by atoms with Crippen LogP contribution in [0.2, 0.25) is 0 Å². The molecule has 2 heterocycles. The van der Waals surface area contributed by atoms with Crippen molar-refractivity contribution in [3.8, 4) is 0 Å². The Morgan fingerprint density at radius 2 is 2.26 bits per heavy atom. The second kappa shape index (κ2) is 7.48. The van der Waals surface area contributed by atoms with Crippen molar-refractivity contribution in [2.24, 2.45) is 5.92 Å². The molecule has 7 heteroatoms. The van der Waals surface area contributed by atoms with E-state index in [0.717, 1.165) is 19.4 Å². The van der Waals surface area contributed by atoms with E-state index in [1.165, 1.54) is 6.07 Å². The molecule has 0 aliphatic carbocycles. The zero-order chi connectivity index (χ0) is 17.0. The fourth-order valence-corrected chi connectivity index (χ4v) is 2.88. The predicted octanol–water partition coefficient (Wildman–Crippen LogP) is 1.82. The monoisotopic (exact) mass is 322 g/mol. The van der Waals surface area contributed by atoms with Gasteiger partial charge in [0.05, 0.1) is 6.04 Å². The van der Waals surface area contributed by atoms with Crippen molar-refractivity contribution in [3.63, 3.8) is 0 Å². The fourth-order valence-electron chi connectivity index (χ4n) is 2.88. The number of hydrogen-bond donors (Lipinski definition) is 2. The number of rotatable bonds is 5. The Morgan fingerprint density at radius 1 is 1.52 bits per heavy atom. The van der Waals surface area contributed by atoms with Crippen LogP contribution in [0, 0.1) is 12.8 Å². The van der Waals surface area contributed by atoms with Crippen LogP contribution in [0.25, 0.3) is 0 Å². The lowest BCUT2D eigenvalue weighted by Crippen LogP contribution is -2.39. The number of H-pyrrole nitrogens is 1. The van der Waals surface area contributed by atoms with E-state index in [0.29, 0.717) is 24.1 Å². The zero-order valence-corrected chi connectivity index (χ0v) is 14.3. The molecule has 23 heavy (non-hydrogen) atoms. The number of amides is 1. The van der Waals surface area contributed by atoms with Crippen LogP contribution in [-0.2, 0) is 4.74 Å². The van der Waals surface area contributed by atoms with Crippen molar-refractivity contribution >= 4 is 12.0 Å². The quantitative estimate of drug-likeness (QED) is 0.863. The molecule has 2 unspecified atom stereocenters. The molecule has 0 spiro atoms. The van der Waals surface area contributed by atoms with E-state index in [9.17, 15) is 9.59 Å². The second-order valence-corrected chi connectivity index (χ2v) is 6.63. The highest BCUT2D eigenvalue weighted by Crippen LogP contribution is 2.15. The maximum atomic E-state index is 11.9. The summed E-state index contributed by atoms with van der Waals surface area (Å²) >= 11 is 0. The van der Waals surface area contributed by atoms with E-state index in [1.807, 2.05) is 11.8 Å². The van der Waals surface area contributed by atoms with Crippen LogP contribution in [0.1, 0.15) is 39.3 Å². The largest absolute Gasteiger partial charge is 0.447 e. The van der Waals surface area contributed by atoms with Gasteiger partial charge in [-0.25, -0.2) is 9.78 Å². The number of carbonyl (C=O) groups is 1. The Kier molecular flexibility index (Phi) is 5.63. The van der Waals surface area contributed by atoms with Crippen molar-refractivity contribution in [1.82, 2.24) is 15.3 Å². The zero-order valence-electron chi connectivity index (χ0n) is 14.3. The second-order valence-electron chi connectivity index (χ2n) is 6.63. The Bertz CT molecular complexity index is 599. The van der Waals surface area contributed by atoms with E-state index in [4.69, 9.17) is 4.74 Å². The number of aromatic amines is 1. The summed E-state index contributed by atoms with van der Waals surface area (Å²) in [6, 6.07) is 1.46. The summed E-state index contributed by atoms with van der Waals surface area (Å²) in [5.41, 5.74) is 0.521. The molecule has 2 N–H and O–H groups in total. The minimum absolute atomic E-state index is 0.000403. The van der Waals surface area contributed by atoms with Crippen molar-refractivity contribution < 1.29 is 9.53 Å². The minimum atomic E-state index is -0.379. The van der Waals surface area contributed by atoms with Gasteiger partial charge in [-0.2, -0.15) is 0 Å². The van der Waals surface area contributed by atoms with Gasteiger partial charge in [-0.05, 0) is 32.6 Å². The Labute approximate surface area is 136 Å². The number of carbonyl (C=O) groups excluding carboxylic acids is 1. The highest BCUT2D eigenvalue weighted by molar-refractivity contribution is 5.68. The smallest absolute Gasteiger partial charge is 0.407 e. The Balaban J connectivity index is 1.85. The summed E-state index contributed by atoms with van der Waals surface area (Å²) in [5, 5.41) is 2.89. The highest BCUT2D eigenvalue weighted by atomic mass is 16.6. The van der Waals surface area contributed by atoms with E-state index < -0.39 is 0 Å². The molecule has 2 atom stereocenters. The molecule has 0 radical (unpaired) electrons. The normalized spacial score (nSPS) is 19.0. The van der Waals surface area contributed by atoms with Crippen molar-refractivity contribution in [3.05, 3.63) is 22.1 Å². The predicted molar refractivity (Wildman–Crippen MR) is 88.7 cm³/mol. The van der Waals surface area contributed by atoms with Crippen LogP contribution in [0.4, 0.5) is 10.7 Å². The third kappa shape index (κ3) is 5.26. The van der Waals surface area contributed by atoms with E-state index in [-0.39, 0.29) is 23.8 Å². The van der Waals surface area contributed by atoms with Gasteiger partial charge in [0.15, 0.2) is 0 Å². The van der Waals surface area contributed by atoms with Gasteiger partial charge in [0.25, 0.3) is 5.56 Å². The highest BCUT2D eigenvalue weighted by Gasteiger charge is 2.26. The first-order valence-electron chi connectivity index (χ1n) is 8.13. The maximum absolute atomic E-state index is 11.9. The first-order chi connectivity index (χ1) is 10.8. The van der Waals surface area contributed by atoms with Gasteiger partial charge in [0.2, 0.25) is 5.95 Å². The number of alkyl carbamates (subject to hydrolysis) is 1. The summed E-state index contributed by atoms with van der Waals surface area (Å²) in [7, 11) is 0. The topological polar surface area (TPSA) is 87.3 Å². The molecule has 0 bridgehead atoms. The number of ether oxygens (including phenoxy) is 1. The van der Waals surface area contributed by atoms with E-state index >= 15 is 0 Å². The van der Waals surface area contributed by atoms with Gasteiger partial charge in [-0.1, -0.05) is 13.8 Å². The summed E-state index contributed by atoms with van der Waals surface area (Å²) in [6.45, 7) is 9.24. The van der Waals surface area contributed by atoms with Crippen LogP contribution >= 0.6 is 0 Å². The third-order valence-corrected chi connectivity index (χ3v) is 3.78. The molecule has 1 aromatic heterocycles. The van der Waals surface area contributed by atoms with Crippen molar-refractivity contribution in [2.45, 2.75) is 52.7 Å². The van der Waals surface area contributed by atoms with Crippen molar-refractivity contribution in [2.75, 3.05) is 18.0 Å². The summed E-state index contributed by atoms with van der Waals surface area (Å²) in [5.74, 6) is 1.05. The average molecular weight is 322 g/mol. The first kappa shape index (κ1) is 17.3. The number of nitrogens with zero attached hydrogens (tertiary/aromatic N) is 2. The van der Waals surface area contributed by atoms with E-state index in [1.54, 1.807) is 6.92 Å². The van der Waals surface area contributed by atoms with Crippen molar-refractivity contribution in [1.29, 1.82) is 0 Å². The molecule has 1 saturated heterocycles. The lowest BCUT2D eigenvalue weighted by molar-refractivity contribution is 0.0930. The van der Waals surface area contributed by atoms with Gasteiger partial charge < -0.3 is 15.0 Å². The summed E-state index contributed by atoms with van der Waals surface area (Å²) < 4.78 is 5.36. The molecule has 0 aromatic carbocycles. The number of aromatic nitrogens is 2. The third-order valence-electron chi connectivity index (χ3n) is 3.78. The molecular weight excluding hydrogens is 296 g/mol. The fraction of sp³-hybridized carbons (Fsp3) is 0.688. The standard InChI is InChI=1S/C16H26N4O3/c1-10(2)7-12(4)23-16(22)18-13-5-6-20(9-13)15-17-11(3)8-14(21)19-15/h8,10,12-13H,5-7,9H2,1-4H3,(H,18,22)(H,17,19,21). The lowest BCUT2D eigenvalue weighted by atomic mass is 10.1. The number of hydrogen-bond acceptors (Lipinski definition) is 5. The molecular formula is C16H26N4O3. The summed E-state index contributed by atoms with van der Waals surface area (Å²) in [4.78, 5) is 32.5. The molecule has 1 aliphatic rings. The number of aryl methyl sites for hydroxylation is 1. The molecule has 0 saturated carbocycles. The van der Waals surface area contributed by atoms with Crippen LogP contribution in [0.5, 0.6) is 0 Å². The first-order valence-corrected chi connectivity index (χ1v) is 8.13. The molecule has 1 aliphatic heterocycles. The summed E-state index contributed by atoms with van der Waals surface area (Å²) in [6.07, 6.45) is 1.17. The lowest BCUT2D eigenvalue weighted by Gasteiger charge is -2.19. The minimum Gasteiger partial charge on any atom is -0.447 e. The molecule has 2 rings (SSSR count). The van der Waals surface area contributed by atoms with Gasteiger partial charge in [-0.15, -0.1) is 0 Å². The van der Waals surface area contributed by atoms with Gasteiger partial charge in [0, 0.05) is 24.8 Å². The Hall–Kier alpha value is -2.05. The molecule has 7 nitrogen and oxygen atoms in total. The molecule has 1 aromatic rings. The van der Waals surface area contributed by atoms with Gasteiger partial charge >= 0.3 is 6.09 Å². The average Bonchev–Trinajstić information content (AvgIpc) is 2.84. The van der Waals surface area contributed by atoms with E-state index in [2.05, 4.69) is 29.1 Å².